The molecule has 0 aliphatic carbocycles. The predicted octanol–water partition coefficient (Wildman–Crippen LogP) is 3.53. The smallest absolute Gasteiger partial charge is 0.238 e. The van der Waals surface area contributed by atoms with Gasteiger partial charge in [0, 0.05) is 5.69 Å². The lowest BCUT2D eigenvalue weighted by Crippen LogP contribution is -2.39. The molecule has 0 aliphatic rings. The molecule has 0 fully saturated rings. The van der Waals surface area contributed by atoms with Crippen molar-refractivity contribution in [2.24, 2.45) is 0 Å². The summed E-state index contributed by atoms with van der Waals surface area (Å²) in [5.41, 5.74) is -0.223. The van der Waals surface area contributed by atoms with Crippen molar-refractivity contribution in [2.75, 3.05) is 30.3 Å². The highest BCUT2D eigenvalue weighted by atomic mass is 19.2. The van der Waals surface area contributed by atoms with Gasteiger partial charge in [-0.25, -0.2) is 17.6 Å². The lowest BCUT2D eigenvalue weighted by atomic mass is 10.2. The van der Waals surface area contributed by atoms with Crippen molar-refractivity contribution < 1.29 is 27.2 Å². The third-order valence-corrected chi connectivity index (χ3v) is 3.69. The standard InChI is InChI=1S/C19H19F4N3O2/c1-2-8-26(10-16(27)24-13-5-3-4-12(20)9-13)11-17(28)25-15-7-6-14(21)18(22)19(15)23/h3-7,9H,2,8,10-11H2,1H3,(H,24,27)(H,25,28). The second-order valence-corrected chi connectivity index (χ2v) is 6.04. The molecule has 28 heavy (non-hydrogen) atoms. The van der Waals surface area contributed by atoms with E-state index in [0.29, 0.717) is 19.0 Å². The number of nitrogens with one attached hydrogen (secondary N) is 2. The van der Waals surface area contributed by atoms with Crippen LogP contribution in [0.3, 0.4) is 0 Å². The van der Waals surface area contributed by atoms with Crippen molar-refractivity contribution in [3.8, 4) is 0 Å². The van der Waals surface area contributed by atoms with E-state index >= 15 is 0 Å². The molecule has 2 aromatic carbocycles. The Morgan fingerprint density at radius 1 is 0.929 bits per heavy atom. The number of amides is 2. The molecule has 5 nitrogen and oxygen atoms in total. The highest BCUT2D eigenvalue weighted by Crippen LogP contribution is 2.19. The lowest BCUT2D eigenvalue weighted by molar-refractivity contribution is -0.120. The molecule has 0 aliphatic heterocycles. The Bertz CT molecular complexity index is 861. The fourth-order valence-corrected chi connectivity index (χ4v) is 2.52. The normalized spacial score (nSPS) is 10.8. The first-order chi connectivity index (χ1) is 13.3. The molecule has 0 heterocycles. The van der Waals surface area contributed by atoms with Crippen LogP contribution in [0.2, 0.25) is 0 Å². The molecule has 0 aromatic heterocycles. The molecule has 2 aromatic rings. The summed E-state index contributed by atoms with van der Waals surface area (Å²) in [5, 5.41) is 4.67. The summed E-state index contributed by atoms with van der Waals surface area (Å²) in [6.07, 6.45) is 0.625. The van der Waals surface area contributed by atoms with E-state index in [-0.39, 0.29) is 18.8 Å². The van der Waals surface area contributed by atoms with Gasteiger partial charge in [0.1, 0.15) is 5.82 Å². The molecule has 0 saturated carbocycles. The van der Waals surface area contributed by atoms with Crippen molar-refractivity contribution in [1.29, 1.82) is 0 Å². The quantitative estimate of drug-likeness (QED) is 0.529. The van der Waals surface area contributed by atoms with Gasteiger partial charge in [0.15, 0.2) is 17.5 Å². The molecule has 0 atom stereocenters. The molecule has 0 spiro atoms. The van der Waals surface area contributed by atoms with Gasteiger partial charge in [0.25, 0.3) is 0 Å². The number of carbonyl (C=O) groups excluding carboxylic acids is 2. The van der Waals surface area contributed by atoms with Gasteiger partial charge in [-0.1, -0.05) is 13.0 Å². The second kappa shape index (κ2) is 9.84. The summed E-state index contributed by atoms with van der Waals surface area (Å²) >= 11 is 0. The molecular formula is C19H19F4N3O2. The largest absolute Gasteiger partial charge is 0.325 e. The van der Waals surface area contributed by atoms with Crippen molar-refractivity contribution >= 4 is 23.2 Å². The fraction of sp³-hybridized carbons (Fsp3) is 0.263. The molecule has 2 N–H and O–H groups in total. The maximum atomic E-state index is 13.7. The maximum Gasteiger partial charge on any atom is 0.238 e. The number of hydrogen-bond donors (Lipinski definition) is 2. The summed E-state index contributed by atoms with van der Waals surface area (Å²) in [6.45, 7) is 1.77. The average Bonchev–Trinajstić information content (AvgIpc) is 2.62. The Balaban J connectivity index is 1.97. The molecule has 0 bridgehead atoms. The third-order valence-electron chi connectivity index (χ3n) is 3.69. The van der Waals surface area contributed by atoms with E-state index in [9.17, 15) is 27.2 Å². The van der Waals surface area contributed by atoms with Gasteiger partial charge in [-0.15, -0.1) is 0 Å². The van der Waals surface area contributed by atoms with Crippen LogP contribution in [0.1, 0.15) is 13.3 Å². The fourth-order valence-electron chi connectivity index (χ4n) is 2.52. The van der Waals surface area contributed by atoms with Crippen molar-refractivity contribution in [2.45, 2.75) is 13.3 Å². The topological polar surface area (TPSA) is 61.4 Å². The number of halogens is 4. The zero-order valence-electron chi connectivity index (χ0n) is 15.1. The van der Waals surface area contributed by atoms with E-state index in [1.165, 1.54) is 23.1 Å². The zero-order valence-corrected chi connectivity index (χ0v) is 15.1. The van der Waals surface area contributed by atoms with Crippen LogP contribution in [-0.4, -0.2) is 36.3 Å². The lowest BCUT2D eigenvalue weighted by Gasteiger charge is -2.20. The molecular weight excluding hydrogens is 378 g/mol. The van der Waals surface area contributed by atoms with Gasteiger partial charge in [0.2, 0.25) is 11.8 Å². The van der Waals surface area contributed by atoms with Gasteiger partial charge in [-0.05, 0) is 43.3 Å². The Morgan fingerprint density at radius 2 is 1.61 bits per heavy atom. The molecule has 0 radical (unpaired) electrons. The number of rotatable bonds is 8. The van der Waals surface area contributed by atoms with Crippen LogP contribution in [0.4, 0.5) is 28.9 Å². The first-order valence-corrected chi connectivity index (χ1v) is 8.51. The van der Waals surface area contributed by atoms with E-state index in [2.05, 4.69) is 10.6 Å². The Kier molecular flexibility index (Phi) is 7.51. The molecule has 0 unspecified atom stereocenters. The number of carbonyl (C=O) groups is 2. The van der Waals surface area contributed by atoms with Gasteiger partial charge >= 0.3 is 0 Å². The van der Waals surface area contributed by atoms with Crippen molar-refractivity contribution in [1.82, 2.24) is 4.90 Å². The first kappa shape index (κ1) is 21.4. The minimum absolute atomic E-state index is 0.169. The Labute approximate surface area is 159 Å². The van der Waals surface area contributed by atoms with E-state index in [1.54, 1.807) is 0 Å². The Morgan fingerprint density at radius 3 is 2.25 bits per heavy atom. The van der Waals surface area contributed by atoms with Crippen molar-refractivity contribution in [3.05, 3.63) is 59.7 Å². The van der Waals surface area contributed by atoms with Gasteiger partial charge in [0.05, 0.1) is 18.8 Å². The molecule has 2 amide bonds. The Hall–Kier alpha value is -2.94. The molecule has 2 rings (SSSR count). The summed E-state index contributed by atoms with van der Waals surface area (Å²) in [6, 6.07) is 6.96. The summed E-state index contributed by atoms with van der Waals surface area (Å²) in [5.74, 6) is -6.21. The summed E-state index contributed by atoms with van der Waals surface area (Å²) < 4.78 is 53.0. The maximum absolute atomic E-state index is 13.7. The predicted molar refractivity (Wildman–Crippen MR) is 96.7 cm³/mol. The highest BCUT2D eigenvalue weighted by Gasteiger charge is 2.18. The third kappa shape index (κ3) is 6.05. The molecule has 9 heteroatoms. The van der Waals surface area contributed by atoms with E-state index in [0.717, 1.165) is 12.1 Å². The number of anilines is 2. The van der Waals surface area contributed by atoms with Gasteiger partial charge in [-0.2, -0.15) is 0 Å². The van der Waals surface area contributed by atoms with E-state index in [4.69, 9.17) is 0 Å². The number of hydrogen-bond acceptors (Lipinski definition) is 3. The average molecular weight is 397 g/mol. The first-order valence-electron chi connectivity index (χ1n) is 8.51. The van der Waals surface area contributed by atoms with Crippen LogP contribution in [-0.2, 0) is 9.59 Å². The number of nitrogens with zero attached hydrogens (tertiary/aromatic N) is 1. The minimum atomic E-state index is -1.68. The zero-order chi connectivity index (χ0) is 20.7. The van der Waals surface area contributed by atoms with Crippen LogP contribution < -0.4 is 10.6 Å². The highest BCUT2D eigenvalue weighted by molar-refractivity contribution is 5.94. The van der Waals surface area contributed by atoms with Crippen molar-refractivity contribution in [3.63, 3.8) is 0 Å². The van der Waals surface area contributed by atoms with Gasteiger partial charge in [-0.3, -0.25) is 14.5 Å². The van der Waals surface area contributed by atoms with E-state index < -0.39 is 40.8 Å². The van der Waals surface area contributed by atoms with Gasteiger partial charge < -0.3 is 10.6 Å². The van der Waals surface area contributed by atoms with Crippen LogP contribution in [0.25, 0.3) is 0 Å². The SMILES string of the molecule is CCCN(CC(=O)Nc1cccc(F)c1)CC(=O)Nc1ccc(F)c(F)c1F. The van der Waals surface area contributed by atoms with Crippen LogP contribution in [0, 0.1) is 23.3 Å². The van der Waals surface area contributed by atoms with Crippen LogP contribution >= 0.6 is 0 Å². The molecule has 150 valence electrons. The monoisotopic (exact) mass is 397 g/mol. The summed E-state index contributed by atoms with van der Waals surface area (Å²) in [7, 11) is 0. The minimum Gasteiger partial charge on any atom is -0.325 e. The summed E-state index contributed by atoms with van der Waals surface area (Å²) in [4.78, 5) is 25.7. The molecule has 0 saturated heterocycles. The second-order valence-electron chi connectivity index (χ2n) is 6.04. The number of benzene rings is 2. The van der Waals surface area contributed by atoms with E-state index in [1.807, 2.05) is 6.92 Å². The van der Waals surface area contributed by atoms with Crippen LogP contribution in [0.15, 0.2) is 36.4 Å². The van der Waals surface area contributed by atoms with Crippen LogP contribution in [0.5, 0.6) is 0 Å².